The van der Waals surface area contributed by atoms with Gasteiger partial charge in [-0.15, -0.1) is 0 Å². The molecule has 1 aromatic rings. The molecule has 2 unspecified atom stereocenters. The van der Waals surface area contributed by atoms with Gasteiger partial charge in [0.15, 0.2) is 11.5 Å². The average Bonchev–Trinajstić information content (AvgIpc) is 2.94. The molecule has 3 rings (SSSR count). The summed E-state index contributed by atoms with van der Waals surface area (Å²) in [6.45, 7) is 0.632. The SMILES string of the molecule is NNC(=O)c1cc(CN2C3CCC2CC(O)C3)on1. The van der Waals surface area contributed by atoms with Crippen LogP contribution in [0.2, 0.25) is 0 Å². The van der Waals surface area contributed by atoms with Crippen LogP contribution in [0.25, 0.3) is 0 Å². The summed E-state index contributed by atoms with van der Waals surface area (Å²) in [6.07, 6.45) is 3.70. The van der Waals surface area contributed by atoms with E-state index >= 15 is 0 Å². The Kier molecular flexibility index (Phi) is 3.26. The molecule has 2 saturated heterocycles. The van der Waals surface area contributed by atoms with E-state index in [1.54, 1.807) is 6.07 Å². The fraction of sp³-hybridized carbons (Fsp3) is 0.667. The highest BCUT2D eigenvalue weighted by atomic mass is 16.5. The van der Waals surface area contributed by atoms with Gasteiger partial charge in [-0.1, -0.05) is 5.16 Å². The van der Waals surface area contributed by atoms with E-state index in [1.165, 1.54) is 0 Å². The Labute approximate surface area is 110 Å². The number of nitrogens with two attached hydrogens (primary N) is 1. The van der Waals surface area contributed by atoms with Crippen molar-refractivity contribution < 1.29 is 14.4 Å². The minimum Gasteiger partial charge on any atom is -0.393 e. The zero-order valence-electron chi connectivity index (χ0n) is 10.6. The molecule has 0 spiro atoms. The molecule has 104 valence electrons. The van der Waals surface area contributed by atoms with Crippen LogP contribution in [0.1, 0.15) is 41.9 Å². The molecular formula is C12H18N4O3. The van der Waals surface area contributed by atoms with E-state index < -0.39 is 5.91 Å². The number of aliphatic hydroxyl groups excluding tert-OH is 1. The number of fused-ring (bicyclic) bond motifs is 2. The van der Waals surface area contributed by atoms with Gasteiger partial charge in [0, 0.05) is 18.2 Å². The van der Waals surface area contributed by atoms with Crippen molar-refractivity contribution in [2.75, 3.05) is 0 Å². The van der Waals surface area contributed by atoms with Gasteiger partial charge in [-0.2, -0.15) is 0 Å². The lowest BCUT2D eigenvalue weighted by atomic mass is 10.00. The van der Waals surface area contributed by atoms with E-state index in [2.05, 4.69) is 10.1 Å². The van der Waals surface area contributed by atoms with Crippen LogP contribution in [0, 0.1) is 0 Å². The number of aromatic nitrogens is 1. The first-order valence-electron chi connectivity index (χ1n) is 6.57. The van der Waals surface area contributed by atoms with Crippen molar-refractivity contribution >= 4 is 5.91 Å². The van der Waals surface area contributed by atoms with Crippen LogP contribution in [-0.2, 0) is 6.54 Å². The summed E-state index contributed by atoms with van der Waals surface area (Å²) in [5.41, 5.74) is 2.22. The van der Waals surface area contributed by atoms with Crippen molar-refractivity contribution in [3.8, 4) is 0 Å². The van der Waals surface area contributed by atoms with Crippen molar-refractivity contribution in [2.45, 2.75) is 50.4 Å². The highest BCUT2D eigenvalue weighted by Gasteiger charge is 2.40. The maximum Gasteiger partial charge on any atom is 0.287 e. The smallest absolute Gasteiger partial charge is 0.287 e. The third-order valence-corrected chi connectivity index (χ3v) is 4.12. The van der Waals surface area contributed by atoms with Gasteiger partial charge in [0.25, 0.3) is 5.91 Å². The van der Waals surface area contributed by atoms with Gasteiger partial charge >= 0.3 is 0 Å². The zero-order valence-corrected chi connectivity index (χ0v) is 10.6. The predicted molar refractivity (Wildman–Crippen MR) is 65.8 cm³/mol. The topological polar surface area (TPSA) is 105 Å². The number of carbonyl (C=O) groups excluding carboxylic acids is 1. The lowest BCUT2D eigenvalue weighted by Gasteiger charge is -2.36. The van der Waals surface area contributed by atoms with Gasteiger partial charge in [-0.05, 0) is 25.7 Å². The van der Waals surface area contributed by atoms with E-state index in [4.69, 9.17) is 10.4 Å². The fourth-order valence-electron chi connectivity index (χ4n) is 3.25. The number of nitrogens with one attached hydrogen (secondary N) is 1. The number of piperidine rings is 1. The molecular weight excluding hydrogens is 248 g/mol. The van der Waals surface area contributed by atoms with E-state index in [-0.39, 0.29) is 11.8 Å². The van der Waals surface area contributed by atoms with Crippen LogP contribution in [0.15, 0.2) is 10.6 Å². The molecule has 7 nitrogen and oxygen atoms in total. The molecule has 2 aliphatic heterocycles. The Morgan fingerprint density at radius 1 is 1.53 bits per heavy atom. The fourth-order valence-corrected chi connectivity index (χ4v) is 3.25. The van der Waals surface area contributed by atoms with Gasteiger partial charge < -0.3 is 9.63 Å². The van der Waals surface area contributed by atoms with Crippen LogP contribution >= 0.6 is 0 Å². The molecule has 1 amide bonds. The number of hydrazine groups is 1. The molecule has 19 heavy (non-hydrogen) atoms. The van der Waals surface area contributed by atoms with Crippen LogP contribution in [-0.4, -0.2) is 39.3 Å². The average molecular weight is 266 g/mol. The second kappa shape index (κ2) is 4.92. The highest BCUT2D eigenvalue weighted by molar-refractivity contribution is 5.91. The van der Waals surface area contributed by atoms with Crippen molar-refractivity contribution in [1.29, 1.82) is 0 Å². The van der Waals surface area contributed by atoms with Crippen LogP contribution < -0.4 is 11.3 Å². The maximum absolute atomic E-state index is 11.3. The lowest BCUT2D eigenvalue weighted by molar-refractivity contribution is 0.0266. The second-order valence-electron chi connectivity index (χ2n) is 5.33. The standard InChI is InChI=1S/C12H18N4O3/c13-14-12(18)11-5-10(19-15-11)6-16-7-1-2-8(16)4-9(17)3-7/h5,7-9,17H,1-4,6,13H2,(H,14,18). The van der Waals surface area contributed by atoms with E-state index in [0.717, 1.165) is 25.7 Å². The molecule has 2 aliphatic rings. The molecule has 1 aromatic heterocycles. The molecule has 2 fully saturated rings. The Morgan fingerprint density at radius 3 is 2.84 bits per heavy atom. The minimum absolute atomic E-state index is 0.179. The number of hydrogen-bond donors (Lipinski definition) is 3. The van der Waals surface area contributed by atoms with Gasteiger partial charge in [-0.3, -0.25) is 15.1 Å². The normalized spacial score (nSPS) is 30.5. The summed E-state index contributed by atoms with van der Waals surface area (Å²) >= 11 is 0. The van der Waals surface area contributed by atoms with Crippen molar-refractivity contribution in [3.63, 3.8) is 0 Å². The first kappa shape index (κ1) is 12.6. The molecule has 2 bridgehead atoms. The van der Waals surface area contributed by atoms with E-state index in [9.17, 15) is 9.90 Å². The number of rotatable bonds is 3. The Morgan fingerprint density at radius 2 is 2.21 bits per heavy atom. The number of nitrogens with zero attached hydrogens (tertiary/aromatic N) is 2. The second-order valence-corrected chi connectivity index (χ2v) is 5.33. The van der Waals surface area contributed by atoms with Crippen LogP contribution in [0.3, 0.4) is 0 Å². The number of amides is 1. The minimum atomic E-state index is -0.452. The maximum atomic E-state index is 11.3. The quantitative estimate of drug-likeness (QED) is 0.396. The van der Waals surface area contributed by atoms with Crippen LogP contribution in [0.4, 0.5) is 0 Å². The van der Waals surface area contributed by atoms with Gasteiger partial charge in [-0.25, -0.2) is 5.84 Å². The first-order chi connectivity index (χ1) is 9.17. The van der Waals surface area contributed by atoms with Gasteiger partial charge in [0.05, 0.1) is 12.6 Å². The number of nitrogen functional groups attached to an aromatic ring is 1. The Balaban J connectivity index is 1.69. The van der Waals surface area contributed by atoms with E-state index in [0.29, 0.717) is 24.4 Å². The number of hydrogen-bond acceptors (Lipinski definition) is 6. The molecule has 2 atom stereocenters. The highest BCUT2D eigenvalue weighted by Crippen LogP contribution is 2.36. The van der Waals surface area contributed by atoms with Gasteiger partial charge in [0.2, 0.25) is 0 Å². The largest absolute Gasteiger partial charge is 0.393 e. The Bertz CT molecular complexity index is 461. The summed E-state index contributed by atoms with van der Waals surface area (Å²) in [6, 6.07) is 2.43. The third-order valence-electron chi connectivity index (χ3n) is 4.12. The summed E-state index contributed by atoms with van der Waals surface area (Å²) in [4.78, 5) is 13.6. The summed E-state index contributed by atoms with van der Waals surface area (Å²) in [5, 5.41) is 13.4. The molecule has 0 aliphatic carbocycles. The zero-order chi connectivity index (χ0) is 13.4. The predicted octanol–water partition coefficient (Wildman–Crippen LogP) is -0.234. The van der Waals surface area contributed by atoms with Gasteiger partial charge in [0.1, 0.15) is 0 Å². The summed E-state index contributed by atoms with van der Waals surface area (Å²) < 4.78 is 5.17. The molecule has 3 heterocycles. The number of carbonyl (C=O) groups is 1. The molecule has 0 radical (unpaired) electrons. The van der Waals surface area contributed by atoms with Crippen LogP contribution in [0.5, 0.6) is 0 Å². The van der Waals surface area contributed by atoms with Crippen molar-refractivity contribution in [2.24, 2.45) is 5.84 Å². The third kappa shape index (κ3) is 2.36. The first-order valence-corrected chi connectivity index (χ1v) is 6.57. The molecule has 0 aromatic carbocycles. The monoisotopic (exact) mass is 266 g/mol. The van der Waals surface area contributed by atoms with Crippen molar-refractivity contribution in [3.05, 3.63) is 17.5 Å². The molecule has 4 N–H and O–H groups in total. The number of aliphatic hydroxyl groups is 1. The summed E-state index contributed by atoms with van der Waals surface area (Å²) in [7, 11) is 0. The summed E-state index contributed by atoms with van der Waals surface area (Å²) in [5.74, 6) is 5.25. The van der Waals surface area contributed by atoms with Crippen molar-refractivity contribution in [1.82, 2.24) is 15.5 Å². The molecule has 0 saturated carbocycles. The van der Waals surface area contributed by atoms with E-state index in [1.807, 2.05) is 5.43 Å². The Hall–Kier alpha value is -1.44. The lowest BCUT2D eigenvalue weighted by Crippen LogP contribution is -2.43. The molecule has 7 heteroatoms.